The van der Waals surface area contributed by atoms with Crippen molar-refractivity contribution in [3.05, 3.63) is 22.4 Å². The van der Waals surface area contributed by atoms with Gasteiger partial charge in [-0.15, -0.1) is 0 Å². The maximum absolute atomic E-state index is 12.1. The van der Waals surface area contributed by atoms with E-state index in [1.54, 1.807) is 4.90 Å². The summed E-state index contributed by atoms with van der Waals surface area (Å²) in [4.78, 5) is 23.8. The van der Waals surface area contributed by atoms with Crippen LogP contribution >= 0.6 is 0 Å². The zero-order valence-electron chi connectivity index (χ0n) is 10.9. The van der Waals surface area contributed by atoms with Crippen LogP contribution in [0.1, 0.15) is 13.8 Å². The summed E-state index contributed by atoms with van der Waals surface area (Å²) in [5, 5.41) is 14.2. The lowest BCUT2D eigenvalue weighted by molar-refractivity contribution is -0.389. The summed E-state index contributed by atoms with van der Waals surface area (Å²) in [5.74, 6) is -0.364. The molecule has 1 aromatic heterocycles. The zero-order chi connectivity index (χ0) is 14.0. The minimum atomic E-state index is -0.583. The van der Waals surface area contributed by atoms with Crippen molar-refractivity contribution in [3.63, 3.8) is 0 Å². The molecule has 0 N–H and O–H groups in total. The molecule has 8 nitrogen and oxygen atoms in total. The monoisotopic (exact) mass is 268 g/mol. The highest BCUT2D eigenvalue weighted by Gasteiger charge is 2.28. The number of hydrogen-bond acceptors (Lipinski definition) is 5. The van der Waals surface area contributed by atoms with E-state index in [0.717, 1.165) is 0 Å². The third kappa shape index (κ3) is 3.08. The van der Waals surface area contributed by atoms with E-state index in [1.807, 2.05) is 13.8 Å². The predicted octanol–water partition coefficient (Wildman–Crippen LogP) is 0.427. The Morgan fingerprint density at radius 3 is 3.00 bits per heavy atom. The van der Waals surface area contributed by atoms with Gasteiger partial charge in [-0.3, -0.25) is 4.79 Å². The van der Waals surface area contributed by atoms with Gasteiger partial charge in [0.2, 0.25) is 5.91 Å². The fraction of sp³-hybridized carbons (Fsp3) is 0.636. The van der Waals surface area contributed by atoms with Gasteiger partial charge < -0.3 is 19.8 Å². The minimum Gasteiger partial charge on any atom is -0.375 e. The molecular formula is C11H16N4O4. The number of rotatable bonds is 3. The molecule has 104 valence electrons. The number of hydrogen-bond donors (Lipinski definition) is 0. The Kier molecular flexibility index (Phi) is 3.79. The van der Waals surface area contributed by atoms with Crippen LogP contribution in [0.25, 0.3) is 0 Å². The summed E-state index contributed by atoms with van der Waals surface area (Å²) >= 11 is 0. The predicted molar refractivity (Wildman–Crippen MR) is 65.5 cm³/mol. The van der Waals surface area contributed by atoms with E-state index in [2.05, 4.69) is 5.10 Å². The van der Waals surface area contributed by atoms with Gasteiger partial charge in [-0.1, -0.05) is 0 Å². The van der Waals surface area contributed by atoms with Crippen molar-refractivity contribution < 1.29 is 14.5 Å². The lowest BCUT2D eigenvalue weighted by atomic mass is 10.2. The normalized spacial score (nSPS) is 23.4. The maximum Gasteiger partial charge on any atom is 0.389 e. The molecule has 1 saturated heterocycles. The van der Waals surface area contributed by atoms with Crippen LogP contribution in [0.3, 0.4) is 0 Å². The van der Waals surface area contributed by atoms with Gasteiger partial charge in [0.25, 0.3) is 0 Å². The Bertz CT molecular complexity index is 487. The Hall–Kier alpha value is -1.96. The summed E-state index contributed by atoms with van der Waals surface area (Å²) in [6, 6.07) is 1.28. The van der Waals surface area contributed by atoms with Crippen LogP contribution in [0.15, 0.2) is 12.3 Å². The van der Waals surface area contributed by atoms with Crippen molar-refractivity contribution in [3.8, 4) is 0 Å². The van der Waals surface area contributed by atoms with Crippen molar-refractivity contribution >= 4 is 11.7 Å². The van der Waals surface area contributed by atoms with E-state index in [0.29, 0.717) is 13.2 Å². The first-order valence-electron chi connectivity index (χ1n) is 6.06. The lowest BCUT2D eigenvalue weighted by Gasteiger charge is -2.36. The van der Waals surface area contributed by atoms with Crippen LogP contribution in [0.4, 0.5) is 5.82 Å². The second-order valence-electron chi connectivity index (χ2n) is 4.67. The number of nitro groups is 1. The van der Waals surface area contributed by atoms with E-state index in [9.17, 15) is 14.9 Å². The summed E-state index contributed by atoms with van der Waals surface area (Å²) in [6.07, 6.45) is 1.44. The van der Waals surface area contributed by atoms with Gasteiger partial charge in [0.15, 0.2) is 0 Å². The van der Waals surface area contributed by atoms with Crippen LogP contribution in [-0.2, 0) is 16.1 Å². The topological polar surface area (TPSA) is 90.5 Å². The van der Waals surface area contributed by atoms with Crippen molar-refractivity contribution in [2.24, 2.45) is 0 Å². The fourth-order valence-electron chi connectivity index (χ4n) is 2.02. The second kappa shape index (κ2) is 5.35. The number of nitrogens with zero attached hydrogens (tertiary/aromatic N) is 4. The van der Waals surface area contributed by atoms with Gasteiger partial charge >= 0.3 is 5.82 Å². The van der Waals surface area contributed by atoms with Gasteiger partial charge in [0.1, 0.15) is 6.54 Å². The van der Waals surface area contributed by atoms with Crippen LogP contribution in [0.2, 0.25) is 0 Å². The Balaban J connectivity index is 2.01. The molecule has 1 fully saturated rings. The van der Waals surface area contributed by atoms with Crippen LogP contribution in [0, 0.1) is 10.1 Å². The van der Waals surface area contributed by atoms with Crippen LogP contribution < -0.4 is 0 Å². The van der Waals surface area contributed by atoms with Gasteiger partial charge in [0.05, 0.1) is 36.1 Å². The van der Waals surface area contributed by atoms with Crippen molar-refractivity contribution in [2.75, 3.05) is 13.2 Å². The third-order valence-electron chi connectivity index (χ3n) is 3.04. The van der Waals surface area contributed by atoms with E-state index in [-0.39, 0.29) is 30.4 Å². The number of amides is 1. The molecule has 1 aliphatic rings. The molecule has 2 atom stereocenters. The number of carbonyl (C=O) groups excluding carboxylic acids is 1. The number of ether oxygens (including phenoxy) is 1. The zero-order valence-corrected chi connectivity index (χ0v) is 10.9. The first-order chi connectivity index (χ1) is 8.97. The van der Waals surface area contributed by atoms with Gasteiger partial charge in [-0.25, -0.2) is 0 Å². The molecule has 1 amide bonds. The third-order valence-corrected chi connectivity index (χ3v) is 3.04. The van der Waals surface area contributed by atoms with Crippen molar-refractivity contribution in [1.82, 2.24) is 14.7 Å². The van der Waals surface area contributed by atoms with Gasteiger partial charge in [-0.2, -0.15) is 4.68 Å². The fourth-order valence-corrected chi connectivity index (χ4v) is 2.02. The lowest BCUT2D eigenvalue weighted by Crippen LogP contribution is -2.51. The molecule has 2 heterocycles. The molecule has 0 saturated carbocycles. The molecule has 1 aromatic rings. The summed E-state index contributed by atoms with van der Waals surface area (Å²) in [6.45, 7) is 4.86. The molecule has 8 heteroatoms. The average molecular weight is 268 g/mol. The van der Waals surface area contributed by atoms with E-state index < -0.39 is 4.92 Å². The molecule has 2 rings (SSSR count). The summed E-state index contributed by atoms with van der Waals surface area (Å²) in [5.41, 5.74) is 0. The molecule has 0 aliphatic carbocycles. The highest BCUT2D eigenvalue weighted by molar-refractivity contribution is 5.76. The molecule has 19 heavy (non-hydrogen) atoms. The molecule has 0 spiro atoms. The summed E-state index contributed by atoms with van der Waals surface area (Å²) < 4.78 is 6.74. The van der Waals surface area contributed by atoms with Crippen molar-refractivity contribution in [1.29, 1.82) is 0 Å². The molecule has 0 radical (unpaired) electrons. The SMILES string of the molecule is CC1CN(C(=O)Cn2ccc([N+](=O)[O-])n2)C(C)CO1. The first-order valence-corrected chi connectivity index (χ1v) is 6.06. The Morgan fingerprint density at radius 2 is 2.37 bits per heavy atom. The number of carbonyl (C=O) groups is 1. The van der Waals surface area contributed by atoms with Gasteiger partial charge in [0, 0.05) is 6.54 Å². The van der Waals surface area contributed by atoms with Crippen molar-refractivity contribution in [2.45, 2.75) is 32.5 Å². The van der Waals surface area contributed by atoms with E-state index >= 15 is 0 Å². The van der Waals surface area contributed by atoms with Crippen LogP contribution in [-0.4, -0.2) is 50.8 Å². The highest BCUT2D eigenvalue weighted by Crippen LogP contribution is 2.12. The second-order valence-corrected chi connectivity index (χ2v) is 4.67. The highest BCUT2D eigenvalue weighted by atomic mass is 16.6. The Morgan fingerprint density at radius 1 is 1.63 bits per heavy atom. The van der Waals surface area contributed by atoms with Crippen LogP contribution in [0.5, 0.6) is 0 Å². The Labute approximate surface area is 110 Å². The number of aromatic nitrogens is 2. The quantitative estimate of drug-likeness (QED) is 0.585. The smallest absolute Gasteiger partial charge is 0.375 e. The average Bonchev–Trinajstić information content (AvgIpc) is 2.80. The van der Waals surface area contributed by atoms with E-state index in [4.69, 9.17) is 4.74 Å². The molecule has 0 bridgehead atoms. The molecular weight excluding hydrogens is 252 g/mol. The number of morpholine rings is 1. The molecule has 2 unspecified atom stereocenters. The molecule has 0 aromatic carbocycles. The standard InChI is InChI=1S/C11H16N4O4/c1-8-7-19-9(2)5-14(8)11(16)6-13-4-3-10(12-13)15(17)18/h3-4,8-9H,5-7H2,1-2H3. The summed E-state index contributed by atoms with van der Waals surface area (Å²) in [7, 11) is 0. The largest absolute Gasteiger partial charge is 0.389 e. The maximum atomic E-state index is 12.1. The van der Waals surface area contributed by atoms with E-state index in [1.165, 1.54) is 16.9 Å². The molecule has 1 aliphatic heterocycles. The minimum absolute atomic E-state index is 0.00486. The van der Waals surface area contributed by atoms with Gasteiger partial charge in [-0.05, 0) is 18.8 Å². The first kappa shape index (κ1) is 13.5.